The van der Waals surface area contributed by atoms with Crippen LogP contribution in [-0.4, -0.2) is 24.1 Å². The van der Waals surface area contributed by atoms with Crippen molar-refractivity contribution in [3.05, 3.63) is 295 Å². The molecule has 0 aliphatic rings. The molecule has 90 heavy (non-hydrogen) atoms. The van der Waals surface area contributed by atoms with Crippen molar-refractivity contribution in [3.63, 3.8) is 0 Å². The molecule has 3 aromatic heterocycles. The molecule has 0 spiro atoms. The Kier molecular flexibility index (Phi) is 13.2. The van der Waals surface area contributed by atoms with Gasteiger partial charge in [-0.2, -0.15) is 26.3 Å². The highest BCUT2D eigenvalue weighted by atomic mass is 15.0. The number of hydrogen-bond acceptors (Lipinski definition) is 8. The molecule has 0 fully saturated rings. The first kappa shape index (κ1) is 53.4. The molecule has 10 heteroatoms. The summed E-state index contributed by atoms with van der Waals surface area (Å²) in [7, 11) is 0. The Labute approximate surface area is 517 Å². The Morgan fingerprint density at radius 2 is 0.567 bits per heavy atom. The van der Waals surface area contributed by atoms with E-state index in [4.69, 9.17) is 15.0 Å². The van der Waals surface area contributed by atoms with E-state index in [2.05, 4.69) is 118 Å². The molecule has 0 aliphatic heterocycles. The minimum absolute atomic E-state index is 0.435. The first-order valence-corrected chi connectivity index (χ1v) is 29.1. The van der Waals surface area contributed by atoms with E-state index in [-0.39, 0.29) is 0 Å². The van der Waals surface area contributed by atoms with Gasteiger partial charge in [-0.05, 0) is 148 Å². The molecule has 0 saturated heterocycles. The van der Waals surface area contributed by atoms with E-state index in [1.54, 1.807) is 0 Å². The standard InChI is InChI=1S/C80H44N10/c81-45-50-27-33-66(77(39-50)90-75-36-30-55(64-25-13-9-21-60(64)48-84)42-70(75)71-43-56(31-37-76(71)90)65-26-14-10-22-61(65)49-85)67-44-57(80-87-78(51-15-3-1-4-16-51)86-79(88-80)52-17-5-2-6-18-52)32-38-72(67)89-73-34-28-53(62-23-11-7-19-58(62)46-82)40-68(73)69-41-54(29-35-74(69)89)63-24-12-8-20-59(63)47-83/h1-44H. The predicted octanol–water partition coefficient (Wildman–Crippen LogP) is 18.8. The lowest BCUT2D eigenvalue weighted by Crippen LogP contribution is -2.04. The molecule has 0 bridgehead atoms. The Morgan fingerprint density at radius 1 is 0.233 bits per heavy atom. The van der Waals surface area contributed by atoms with Gasteiger partial charge >= 0.3 is 0 Å². The molecule has 0 radical (unpaired) electrons. The zero-order valence-corrected chi connectivity index (χ0v) is 47.9. The minimum Gasteiger partial charge on any atom is -0.309 e. The van der Waals surface area contributed by atoms with Crippen LogP contribution in [0.1, 0.15) is 27.8 Å². The van der Waals surface area contributed by atoms with E-state index < -0.39 is 0 Å². The molecule has 0 N–H and O–H groups in total. The van der Waals surface area contributed by atoms with E-state index in [9.17, 15) is 26.3 Å². The average molecular weight is 1150 g/mol. The molecule has 414 valence electrons. The van der Waals surface area contributed by atoms with Crippen molar-refractivity contribution in [2.75, 3.05) is 0 Å². The molecular formula is C80H44N10. The van der Waals surface area contributed by atoms with Crippen LogP contribution in [0.15, 0.2) is 267 Å². The molecule has 10 nitrogen and oxygen atoms in total. The molecule has 0 saturated carbocycles. The monoisotopic (exact) mass is 1140 g/mol. The predicted molar refractivity (Wildman–Crippen MR) is 356 cm³/mol. The van der Waals surface area contributed by atoms with Crippen LogP contribution in [0.5, 0.6) is 0 Å². The van der Waals surface area contributed by atoms with E-state index >= 15 is 0 Å². The molecule has 3 heterocycles. The second-order valence-electron chi connectivity index (χ2n) is 21.8. The van der Waals surface area contributed by atoms with E-state index in [0.717, 1.165) is 116 Å². The summed E-state index contributed by atoms with van der Waals surface area (Å²) in [5, 5.41) is 56.1. The third-order valence-corrected chi connectivity index (χ3v) is 16.8. The largest absolute Gasteiger partial charge is 0.309 e. The average Bonchev–Trinajstić information content (AvgIpc) is 1.57. The summed E-state index contributed by atoms with van der Waals surface area (Å²) >= 11 is 0. The molecule has 0 aliphatic carbocycles. The summed E-state index contributed by atoms with van der Waals surface area (Å²) in [5.74, 6) is 1.46. The maximum absolute atomic E-state index is 10.9. The molecule has 15 aromatic rings. The highest BCUT2D eigenvalue weighted by molar-refractivity contribution is 6.14. The Morgan fingerprint density at radius 3 is 0.933 bits per heavy atom. The zero-order chi connectivity index (χ0) is 60.8. The number of nitrogens with zero attached hydrogens (tertiary/aromatic N) is 10. The van der Waals surface area contributed by atoms with Gasteiger partial charge in [0.15, 0.2) is 17.5 Å². The topological polar surface area (TPSA) is 167 Å². The number of benzene rings is 12. The maximum Gasteiger partial charge on any atom is 0.164 e. The lowest BCUT2D eigenvalue weighted by Gasteiger charge is -2.20. The van der Waals surface area contributed by atoms with Gasteiger partial charge in [0.05, 0.1) is 91.6 Å². The first-order chi connectivity index (χ1) is 44.4. The van der Waals surface area contributed by atoms with Crippen LogP contribution in [0.2, 0.25) is 0 Å². The fourth-order valence-corrected chi connectivity index (χ4v) is 12.6. The van der Waals surface area contributed by atoms with E-state index in [1.807, 2.05) is 188 Å². The van der Waals surface area contributed by atoms with Gasteiger partial charge in [-0.15, -0.1) is 0 Å². The molecule has 0 unspecified atom stereocenters. The van der Waals surface area contributed by atoms with Gasteiger partial charge in [0.1, 0.15) is 0 Å². The van der Waals surface area contributed by atoms with E-state index in [0.29, 0.717) is 56.5 Å². The van der Waals surface area contributed by atoms with Crippen molar-refractivity contribution in [2.45, 2.75) is 0 Å². The molecule has 15 rings (SSSR count). The van der Waals surface area contributed by atoms with Crippen LogP contribution in [0.3, 0.4) is 0 Å². The van der Waals surface area contributed by atoms with Gasteiger partial charge in [0.2, 0.25) is 0 Å². The normalized spacial score (nSPS) is 11.1. The Bertz CT molecular complexity index is 5400. The second-order valence-corrected chi connectivity index (χ2v) is 21.8. The quantitative estimate of drug-likeness (QED) is 0.130. The van der Waals surface area contributed by atoms with Gasteiger partial charge in [-0.1, -0.05) is 164 Å². The number of aromatic nitrogens is 5. The van der Waals surface area contributed by atoms with Crippen LogP contribution < -0.4 is 0 Å². The summed E-state index contributed by atoms with van der Waals surface area (Å²) in [6, 6.07) is 99.5. The van der Waals surface area contributed by atoms with Crippen molar-refractivity contribution >= 4 is 43.6 Å². The lowest BCUT2D eigenvalue weighted by atomic mass is 9.96. The van der Waals surface area contributed by atoms with Gasteiger partial charge in [-0.25, -0.2) is 15.0 Å². The number of rotatable bonds is 10. The fourth-order valence-electron chi connectivity index (χ4n) is 12.6. The third-order valence-electron chi connectivity index (χ3n) is 16.8. The van der Waals surface area contributed by atoms with Crippen LogP contribution in [-0.2, 0) is 0 Å². The highest BCUT2D eigenvalue weighted by Crippen LogP contribution is 2.46. The van der Waals surface area contributed by atoms with Crippen molar-refractivity contribution in [1.82, 2.24) is 24.1 Å². The molecule has 0 atom stereocenters. The minimum atomic E-state index is 0.435. The summed E-state index contributed by atoms with van der Waals surface area (Å²) in [6.45, 7) is 0. The van der Waals surface area contributed by atoms with Crippen LogP contribution >= 0.6 is 0 Å². The van der Waals surface area contributed by atoms with Crippen molar-refractivity contribution in [3.8, 4) is 132 Å². The van der Waals surface area contributed by atoms with Crippen LogP contribution in [0, 0.1) is 56.7 Å². The summed E-state index contributed by atoms with van der Waals surface area (Å²) < 4.78 is 4.48. The van der Waals surface area contributed by atoms with Crippen molar-refractivity contribution < 1.29 is 0 Å². The van der Waals surface area contributed by atoms with Crippen LogP contribution in [0.25, 0.3) is 145 Å². The maximum atomic E-state index is 10.9. The first-order valence-electron chi connectivity index (χ1n) is 29.1. The van der Waals surface area contributed by atoms with Crippen molar-refractivity contribution in [2.24, 2.45) is 0 Å². The van der Waals surface area contributed by atoms with Gasteiger partial charge in [0, 0.05) is 49.4 Å². The third kappa shape index (κ3) is 9.14. The van der Waals surface area contributed by atoms with E-state index in [1.165, 1.54) is 0 Å². The second kappa shape index (κ2) is 22.3. The smallest absolute Gasteiger partial charge is 0.164 e. The SMILES string of the molecule is N#Cc1ccc(-c2cc(-c3nc(-c4ccccc4)nc(-c4ccccc4)n3)ccc2-n2c3ccc(-c4ccccc4C#N)cc3c3cc(-c4ccccc4C#N)ccc32)c(-n2c3ccc(-c4ccccc4C#N)cc3c3cc(-c4ccccc4C#N)ccc32)c1. The van der Waals surface area contributed by atoms with Gasteiger partial charge in [0.25, 0.3) is 0 Å². The highest BCUT2D eigenvalue weighted by Gasteiger charge is 2.25. The Balaban J connectivity index is 1.05. The zero-order valence-electron chi connectivity index (χ0n) is 47.9. The molecular weight excluding hydrogens is 1100 g/mol. The van der Waals surface area contributed by atoms with Gasteiger partial charge < -0.3 is 9.13 Å². The Hall–Kier alpha value is -13.3. The number of fused-ring (bicyclic) bond motifs is 6. The lowest BCUT2D eigenvalue weighted by molar-refractivity contribution is 1.07. The summed E-state index contributed by atoms with van der Waals surface area (Å²) in [5.41, 5.74) is 18.1. The molecule has 0 amide bonds. The van der Waals surface area contributed by atoms with Crippen molar-refractivity contribution in [1.29, 1.82) is 26.3 Å². The fraction of sp³-hybridized carbons (Fsp3) is 0. The summed E-state index contributed by atoms with van der Waals surface area (Å²) in [6.07, 6.45) is 0. The number of hydrogen-bond donors (Lipinski definition) is 0. The van der Waals surface area contributed by atoms with Crippen LogP contribution in [0.4, 0.5) is 0 Å². The van der Waals surface area contributed by atoms with Gasteiger partial charge in [-0.3, -0.25) is 0 Å². The number of nitriles is 5. The summed E-state index contributed by atoms with van der Waals surface area (Å²) in [4.78, 5) is 15.5. The molecule has 12 aromatic carbocycles.